The Balaban J connectivity index is 2.51. The second-order valence-electron chi connectivity index (χ2n) is 2.47. The molecular formula is C8H7ClN2. The molecule has 56 valence electrons. The molecule has 11 heavy (non-hydrogen) atoms. The van der Waals surface area contributed by atoms with Gasteiger partial charge in [-0.3, -0.25) is 0 Å². The van der Waals surface area contributed by atoms with E-state index in [1.807, 2.05) is 12.1 Å². The number of halogens is 1. The minimum atomic E-state index is 0.663. The van der Waals surface area contributed by atoms with Crippen LogP contribution in [0.5, 0.6) is 0 Å². The SMILES string of the molecule is ClC1=Nc2ncccc2CC1. The zero-order valence-electron chi connectivity index (χ0n) is 5.92. The van der Waals surface area contributed by atoms with Gasteiger partial charge in [0.25, 0.3) is 0 Å². The minimum absolute atomic E-state index is 0.663. The highest BCUT2D eigenvalue weighted by Gasteiger charge is 2.09. The first-order valence-electron chi connectivity index (χ1n) is 3.53. The first-order chi connectivity index (χ1) is 5.36. The van der Waals surface area contributed by atoms with E-state index in [2.05, 4.69) is 9.98 Å². The smallest absolute Gasteiger partial charge is 0.156 e. The number of fused-ring (bicyclic) bond motifs is 1. The van der Waals surface area contributed by atoms with E-state index in [4.69, 9.17) is 11.6 Å². The highest BCUT2D eigenvalue weighted by atomic mass is 35.5. The van der Waals surface area contributed by atoms with E-state index in [1.165, 1.54) is 5.56 Å². The van der Waals surface area contributed by atoms with Crippen LogP contribution in [0.4, 0.5) is 5.82 Å². The lowest BCUT2D eigenvalue weighted by molar-refractivity contribution is 0.995. The Hall–Kier alpha value is -0.890. The molecular weight excluding hydrogens is 160 g/mol. The van der Waals surface area contributed by atoms with E-state index in [-0.39, 0.29) is 0 Å². The van der Waals surface area contributed by atoms with Crippen molar-refractivity contribution in [1.82, 2.24) is 4.98 Å². The fourth-order valence-electron chi connectivity index (χ4n) is 1.13. The first-order valence-corrected chi connectivity index (χ1v) is 3.91. The summed E-state index contributed by atoms with van der Waals surface area (Å²) in [6.45, 7) is 0. The molecule has 2 nitrogen and oxygen atoms in total. The predicted molar refractivity (Wildman–Crippen MR) is 45.5 cm³/mol. The molecule has 0 unspecified atom stereocenters. The maximum atomic E-state index is 5.75. The van der Waals surface area contributed by atoms with E-state index in [1.54, 1.807) is 6.20 Å². The van der Waals surface area contributed by atoms with Crippen molar-refractivity contribution in [3.05, 3.63) is 23.9 Å². The van der Waals surface area contributed by atoms with Gasteiger partial charge in [-0.25, -0.2) is 9.98 Å². The van der Waals surface area contributed by atoms with Gasteiger partial charge in [-0.1, -0.05) is 17.7 Å². The van der Waals surface area contributed by atoms with Crippen LogP contribution in [0.1, 0.15) is 12.0 Å². The third kappa shape index (κ3) is 1.26. The highest BCUT2D eigenvalue weighted by molar-refractivity contribution is 6.65. The molecule has 0 saturated heterocycles. The van der Waals surface area contributed by atoms with Gasteiger partial charge in [-0.05, 0) is 18.1 Å². The number of aromatic nitrogens is 1. The molecule has 1 aromatic heterocycles. The van der Waals surface area contributed by atoms with Crippen molar-refractivity contribution in [3.63, 3.8) is 0 Å². The maximum Gasteiger partial charge on any atom is 0.156 e. The molecule has 0 radical (unpaired) electrons. The standard InChI is InChI=1S/C8H7ClN2/c9-7-4-3-6-2-1-5-10-8(6)11-7/h1-2,5H,3-4H2. The Kier molecular flexibility index (Phi) is 1.62. The van der Waals surface area contributed by atoms with Crippen molar-refractivity contribution < 1.29 is 0 Å². The van der Waals surface area contributed by atoms with Crippen molar-refractivity contribution in [3.8, 4) is 0 Å². The Morgan fingerprint density at radius 3 is 3.18 bits per heavy atom. The van der Waals surface area contributed by atoms with E-state index in [0.717, 1.165) is 18.7 Å². The molecule has 1 aromatic rings. The number of hydrogen-bond donors (Lipinski definition) is 0. The van der Waals surface area contributed by atoms with Crippen LogP contribution in [0, 0.1) is 0 Å². The average molecular weight is 167 g/mol. The summed E-state index contributed by atoms with van der Waals surface area (Å²) in [5.41, 5.74) is 1.19. The first kappa shape index (κ1) is 6.80. The maximum absolute atomic E-state index is 5.75. The minimum Gasteiger partial charge on any atom is -0.237 e. The van der Waals surface area contributed by atoms with Gasteiger partial charge in [-0.15, -0.1) is 0 Å². The third-order valence-electron chi connectivity index (χ3n) is 1.70. The third-order valence-corrected chi connectivity index (χ3v) is 1.97. The summed E-state index contributed by atoms with van der Waals surface area (Å²) in [5, 5.41) is 0.663. The summed E-state index contributed by atoms with van der Waals surface area (Å²) in [6.07, 6.45) is 3.55. The number of rotatable bonds is 0. The van der Waals surface area contributed by atoms with Crippen molar-refractivity contribution >= 4 is 22.6 Å². The van der Waals surface area contributed by atoms with Crippen LogP contribution < -0.4 is 0 Å². The number of pyridine rings is 1. The van der Waals surface area contributed by atoms with Gasteiger partial charge < -0.3 is 0 Å². The topological polar surface area (TPSA) is 25.2 Å². The Morgan fingerprint density at radius 2 is 2.27 bits per heavy atom. The summed E-state index contributed by atoms with van der Waals surface area (Å²) in [6, 6.07) is 3.96. The van der Waals surface area contributed by atoms with Crippen LogP contribution in [0.3, 0.4) is 0 Å². The van der Waals surface area contributed by atoms with Crippen molar-refractivity contribution in [2.24, 2.45) is 4.99 Å². The second kappa shape index (κ2) is 2.62. The van der Waals surface area contributed by atoms with Crippen LogP contribution in [0.15, 0.2) is 23.3 Å². The van der Waals surface area contributed by atoms with Gasteiger partial charge in [0.1, 0.15) is 5.17 Å². The normalized spacial score (nSPS) is 15.5. The van der Waals surface area contributed by atoms with Crippen LogP contribution in [-0.4, -0.2) is 10.2 Å². The molecule has 2 rings (SSSR count). The van der Waals surface area contributed by atoms with Crippen molar-refractivity contribution in [2.45, 2.75) is 12.8 Å². The van der Waals surface area contributed by atoms with E-state index in [9.17, 15) is 0 Å². The van der Waals surface area contributed by atoms with Gasteiger partial charge in [0, 0.05) is 12.6 Å². The highest BCUT2D eigenvalue weighted by Crippen LogP contribution is 2.23. The molecule has 0 bridgehead atoms. The Morgan fingerprint density at radius 1 is 1.36 bits per heavy atom. The molecule has 0 atom stereocenters. The lowest BCUT2D eigenvalue weighted by Gasteiger charge is -2.08. The van der Waals surface area contributed by atoms with Crippen molar-refractivity contribution in [2.75, 3.05) is 0 Å². The van der Waals surface area contributed by atoms with Crippen LogP contribution in [-0.2, 0) is 6.42 Å². The molecule has 1 aliphatic heterocycles. The molecule has 0 aliphatic carbocycles. The predicted octanol–water partition coefficient (Wildman–Crippen LogP) is 2.30. The number of nitrogens with zero attached hydrogens (tertiary/aromatic N) is 2. The van der Waals surface area contributed by atoms with E-state index in [0.29, 0.717) is 5.17 Å². The lowest BCUT2D eigenvalue weighted by atomic mass is 10.1. The number of hydrogen-bond acceptors (Lipinski definition) is 2. The molecule has 0 fully saturated rings. The average Bonchev–Trinajstić information content (AvgIpc) is 2.04. The largest absolute Gasteiger partial charge is 0.237 e. The quantitative estimate of drug-likeness (QED) is 0.581. The van der Waals surface area contributed by atoms with Gasteiger partial charge >= 0.3 is 0 Å². The molecule has 0 spiro atoms. The summed E-state index contributed by atoms with van der Waals surface area (Å²) < 4.78 is 0. The van der Waals surface area contributed by atoms with Gasteiger partial charge in [-0.2, -0.15) is 0 Å². The second-order valence-corrected chi connectivity index (χ2v) is 2.91. The van der Waals surface area contributed by atoms with Gasteiger partial charge in [0.05, 0.1) is 0 Å². The van der Waals surface area contributed by atoms with E-state index < -0.39 is 0 Å². The lowest BCUT2D eigenvalue weighted by Crippen LogP contribution is -1.99. The zero-order valence-corrected chi connectivity index (χ0v) is 6.67. The fraction of sp³-hybridized carbons (Fsp3) is 0.250. The molecule has 3 heteroatoms. The summed E-state index contributed by atoms with van der Waals surface area (Å²) >= 11 is 5.75. The summed E-state index contributed by atoms with van der Waals surface area (Å²) in [5.74, 6) is 0.781. The molecule has 0 amide bonds. The zero-order chi connectivity index (χ0) is 7.68. The fourth-order valence-corrected chi connectivity index (χ4v) is 1.31. The van der Waals surface area contributed by atoms with E-state index >= 15 is 0 Å². The molecule has 0 aromatic carbocycles. The van der Waals surface area contributed by atoms with Gasteiger partial charge in [0.2, 0.25) is 0 Å². The van der Waals surface area contributed by atoms with Crippen LogP contribution >= 0.6 is 11.6 Å². The Labute approximate surface area is 69.9 Å². The molecule has 1 aliphatic rings. The Bertz CT molecular complexity index is 307. The molecule has 2 heterocycles. The summed E-state index contributed by atoms with van der Waals surface area (Å²) in [4.78, 5) is 8.21. The monoisotopic (exact) mass is 166 g/mol. The van der Waals surface area contributed by atoms with Crippen molar-refractivity contribution in [1.29, 1.82) is 0 Å². The number of aryl methyl sites for hydroxylation is 1. The molecule has 0 saturated carbocycles. The number of aliphatic imine (C=N–C) groups is 1. The summed E-state index contributed by atoms with van der Waals surface area (Å²) in [7, 11) is 0. The van der Waals surface area contributed by atoms with Crippen LogP contribution in [0.2, 0.25) is 0 Å². The van der Waals surface area contributed by atoms with Gasteiger partial charge in [0.15, 0.2) is 5.82 Å². The molecule has 0 N–H and O–H groups in total. The van der Waals surface area contributed by atoms with Crippen LogP contribution in [0.25, 0.3) is 0 Å².